The zero-order valence-electron chi connectivity index (χ0n) is 11.4. The molecule has 0 saturated heterocycles. The number of nitrogens with two attached hydrogens (primary N) is 1. The third kappa shape index (κ3) is 3.85. The van der Waals surface area contributed by atoms with Crippen molar-refractivity contribution in [3.63, 3.8) is 0 Å². The molecule has 0 atom stereocenters. The number of para-hydroxylation sites is 1. The highest BCUT2D eigenvalue weighted by Crippen LogP contribution is 2.18. The summed E-state index contributed by atoms with van der Waals surface area (Å²) in [6.07, 6.45) is 3.41. The average Bonchev–Trinajstić information content (AvgIpc) is 2.90. The van der Waals surface area contributed by atoms with E-state index in [0.29, 0.717) is 17.9 Å². The largest absolute Gasteiger partial charge is 0.467 e. The summed E-state index contributed by atoms with van der Waals surface area (Å²) < 4.78 is 5.16. The average molecular weight is 295 g/mol. The number of carbonyl (C=O) groups is 1. The van der Waals surface area contributed by atoms with Gasteiger partial charge in [0.2, 0.25) is 0 Å². The Morgan fingerprint density at radius 1 is 1.35 bits per heavy atom. The Balaban J connectivity index is 0.00000200. The van der Waals surface area contributed by atoms with Crippen LogP contribution in [0.3, 0.4) is 0 Å². The lowest BCUT2D eigenvalue weighted by molar-refractivity contribution is 0.102. The van der Waals surface area contributed by atoms with Gasteiger partial charge >= 0.3 is 0 Å². The number of anilines is 1. The molecule has 0 saturated carbocycles. The molecule has 3 N–H and O–H groups in total. The molecular formula is C15H19ClN2O2. The van der Waals surface area contributed by atoms with Crippen LogP contribution in [0, 0.1) is 0 Å². The second kappa shape index (κ2) is 7.72. The molecule has 4 nitrogen and oxygen atoms in total. The summed E-state index contributed by atoms with van der Waals surface area (Å²) >= 11 is 0. The zero-order valence-corrected chi connectivity index (χ0v) is 12.2. The van der Waals surface area contributed by atoms with Crippen molar-refractivity contribution >= 4 is 24.0 Å². The molecule has 0 radical (unpaired) electrons. The molecule has 108 valence electrons. The van der Waals surface area contributed by atoms with Crippen LogP contribution >= 0.6 is 12.4 Å². The van der Waals surface area contributed by atoms with Crippen molar-refractivity contribution in [3.8, 4) is 0 Å². The summed E-state index contributed by atoms with van der Waals surface area (Å²) in [6, 6.07) is 9.49. The van der Waals surface area contributed by atoms with Gasteiger partial charge in [-0.1, -0.05) is 31.5 Å². The quantitative estimate of drug-likeness (QED) is 0.888. The molecule has 20 heavy (non-hydrogen) atoms. The van der Waals surface area contributed by atoms with E-state index in [-0.39, 0.29) is 18.3 Å². The van der Waals surface area contributed by atoms with Crippen LogP contribution in [0.1, 0.15) is 35.0 Å². The number of benzene rings is 1. The van der Waals surface area contributed by atoms with Crippen LogP contribution in [-0.4, -0.2) is 5.91 Å². The second-order valence-corrected chi connectivity index (χ2v) is 4.37. The van der Waals surface area contributed by atoms with Crippen molar-refractivity contribution in [2.45, 2.75) is 26.3 Å². The highest BCUT2D eigenvalue weighted by Gasteiger charge is 2.11. The van der Waals surface area contributed by atoms with Crippen LogP contribution in [-0.2, 0) is 13.0 Å². The van der Waals surface area contributed by atoms with Crippen molar-refractivity contribution in [2.75, 3.05) is 5.32 Å². The lowest BCUT2D eigenvalue weighted by Gasteiger charge is -2.09. The summed E-state index contributed by atoms with van der Waals surface area (Å²) in [5, 5.41) is 2.91. The van der Waals surface area contributed by atoms with E-state index in [4.69, 9.17) is 10.2 Å². The number of hydrogen-bond donors (Lipinski definition) is 2. The second-order valence-electron chi connectivity index (χ2n) is 4.37. The van der Waals surface area contributed by atoms with E-state index >= 15 is 0 Å². The minimum atomic E-state index is -0.174. The molecule has 0 aliphatic rings. The highest BCUT2D eigenvalue weighted by molar-refractivity contribution is 6.04. The standard InChI is InChI=1S/C15H18N2O2.ClH/c1-2-5-11-6-3-4-7-14(11)17-15(18)12-8-13(9-16)19-10-12;/h3-4,6-8,10H,2,5,9,16H2,1H3,(H,17,18);1H. The fraction of sp³-hybridized carbons (Fsp3) is 0.267. The maximum Gasteiger partial charge on any atom is 0.258 e. The Morgan fingerprint density at radius 3 is 2.75 bits per heavy atom. The van der Waals surface area contributed by atoms with Crippen LogP contribution in [0.2, 0.25) is 0 Å². The first kappa shape index (κ1) is 16.3. The van der Waals surface area contributed by atoms with Gasteiger partial charge in [-0.05, 0) is 24.1 Å². The lowest BCUT2D eigenvalue weighted by Crippen LogP contribution is -2.12. The third-order valence-electron chi connectivity index (χ3n) is 2.90. The van der Waals surface area contributed by atoms with Gasteiger partial charge in [0, 0.05) is 5.69 Å². The van der Waals surface area contributed by atoms with Crippen LogP contribution < -0.4 is 11.1 Å². The van der Waals surface area contributed by atoms with Gasteiger partial charge in [0.1, 0.15) is 12.0 Å². The summed E-state index contributed by atoms with van der Waals surface area (Å²) in [5.74, 6) is 0.430. The molecule has 0 fully saturated rings. The van der Waals surface area contributed by atoms with Crippen molar-refractivity contribution in [1.29, 1.82) is 0 Å². The number of amides is 1. The molecule has 0 unspecified atom stereocenters. The van der Waals surface area contributed by atoms with Gasteiger partial charge in [-0.3, -0.25) is 4.79 Å². The minimum absolute atomic E-state index is 0. The molecule has 0 aliphatic heterocycles. The Kier molecular flexibility index (Phi) is 6.28. The van der Waals surface area contributed by atoms with Gasteiger partial charge in [-0.25, -0.2) is 0 Å². The molecule has 1 amide bonds. The Hall–Kier alpha value is -1.78. The fourth-order valence-corrected chi connectivity index (χ4v) is 1.93. The first-order valence-corrected chi connectivity index (χ1v) is 6.41. The number of carbonyl (C=O) groups excluding carboxylic acids is 1. The van der Waals surface area contributed by atoms with E-state index in [1.54, 1.807) is 6.07 Å². The molecule has 0 spiro atoms. The summed E-state index contributed by atoms with van der Waals surface area (Å²) in [5.41, 5.74) is 7.94. The van der Waals surface area contributed by atoms with Crippen molar-refractivity contribution in [1.82, 2.24) is 0 Å². The van der Waals surface area contributed by atoms with Crippen molar-refractivity contribution in [3.05, 3.63) is 53.5 Å². The maximum atomic E-state index is 12.1. The molecule has 1 aromatic heterocycles. The third-order valence-corrected chi connectivity index (χ3v) is 2.90. The van der Waals surface area contributed by atoms with Crippen LogP contribution in [0.5, 0.6) is 0 Å². The number of furan rings is 1. The summed E-state index contributed by atoms with van der Waals surface area (Å²) in [7, 11) is 0. The van der Waals surface area contributed by atoms with Gasteiger partial charge in [-0.15, -0.1) is 12.4 Å². The minimum Gasteiger partial charge on any atom is -0.467 e. The molecule has 5 heteroatoms. The SMILES string of the molecule is CCCc1ccccc1NC(=O)c1coc(CN)c1.Cl. The van der Waals surface area contributed by atoms with Gasteiger partial charge in [0.15, 0.2) is 0 Å². The zero-order chi connectivity index (χ0) is 13.7. The molecule has 0 bridgehead atoms. The smallest absolute Gasteiger partial charge is 0.258 e. The normalized spacial score (nSPS) is 9.90. The molecule has 0 aliphatic carbocycles. The number of aryl methyl sites for hydroxylation is 1. The van der Waals surface area contributed by atoms with Crippen LogP contribution in [0.4, 0.5) is 5.69 Å². The van der Waals surface area contributed by atoms with Crippen LogP contribution in [0.15, 0.2) is 41.0 Å². The fourth-order valence-electron chi connectivity index (χ4n) is 1.93. The maximum absolute atomic E-state index is 12.1. The molecule has 1 heterocycles. The predicted molar refractivity (Wildman–Crippen MR) is 82.2 cm³/mol. The Morgan fingerprint density at radius 2 is 2.10 bits per heavy atom. The first-order valence-electron chi connectivity index (χ1n) is 6.41. The van der Waals surface area contributed by atoms with Gasteiger partial charge in [-0.2, -0.15) is 0 Å². The van der Waals surface area contributed by atoms with Crippen molar-refractivity contribution < 1.29 is 9.21 Å². The molecule has 2 aromatic rings. The van der Waals surface area contributed by atoms with E-state index in [9.17, 15) is 4.79 Å². The summed E-state index contributed by atoms with van der Waals surface area (Å²) in [6.45, 7) is 2.40. The first-order chi connectivity index (χ1) is 9.24. The Labute approximate surface area is 124 Å². The van der Waals surface area contributed by atoms with E-state index < -0.39 is 0 Å². The van der Waals surface area contributed by atoms with E-state index in [1.807, 2.05) is 24.3 Å². The van der Waals surface area contributed by atoms with E-state index in [0.717, 1.165) is 24.1 Å². The molecular weight excluding hydrogens is 276 g/mol. The Bertz CT molecular complexity index is 567. The number of nitrogens with one attached hydrogen (secondary N) is 1. The predicted octanol–water partition coefficient (Wildman–Crippen LogP) is 3.36. The van der Waals surface area contributed by atoms with Gasteiger partial charge in [0.05, 0.1) is 12.1 Å². The molecule has 2 rings (SSSR count). The monoisotopic (exact) mass is 294 g/mol. The number of rotatable bonds is 5. The summed E-state index contributed by atoms with van der Waals surface area (Å²) in [4.78, 5) is 12.1. The van der Waals surface area contributed by atoms with E-state index in [2.05, 4.69) is 12.2 Å². The topological polar surface area (TPSA) is 68.3 Å². The lowest BCUT2D eigenvalue weighted by atomic mass is 10.1. The van der Waals surface area contributed by atoms with Gasteiger partial charge < -0.3 is 15.5 Å². The molecule has 1 aromatic carbocycles. The van der Waals surface area contributed by atoms with Crippen LogP contribution in [0.25, 0.3) is 0 Å². The van der Waals surface area contributed by atoms with Gasteiger partial charge in [0.25, 0.3) is 5.91 Å². The number of hydrogen-bond acceptors (Lipinski definition) is 3. The van der Waals surface area contributed by atoms with E-state index in [1.165, 1.54) is 6.26 Å². The van der Waals surface area contributed by atoms with Crippen molar-refractivity contribution in [2.24, 2.45) is 5.73 Å². The highest BCUT2D eigenvalue weighted by atomic mass is 35.5. The number of halogens is 1.